The fourth-order valence-electron chi connectivity index (χ4n) is 4.09. The van der Waals surface area contributed by atoms with Crippen LogP contribution in [-0.4, -0.2) is 31.1 Å². The van der Waals surface area contributed by atoms with Crippen molar-refractivity contribution < 1.29 is 0 Å². The number of nitrogens with zero attached hydrogens (tertiary/aromatic N) is 4. The average molecular weight is 441 g/mol. The van der Waals surface area contributed by atoms with Crippen LogP contribution in [0.15, 0.2) is 67.0 Å². The van der Waals surface area contributed by atoms with Crippen molar-refractivity contribution in [2.75, 3.05) is 5.32 Å². The summed E-state index contributed by atoms with van der Waals surface area (Å²) in [6, 6.07) is 17.9. The summed E-state index contributed by atoms with van der Waals surface area (Å²) in [5.41, 5.74) is 5.40. The van der Waals surface area contributed by atoms with Crippen LogP contribution in [0.25, 0.3) is 33.8 Å². The molecular formula is C25H24N6S. The molecule has 1 fully saturated rings. The highest BCUT2D eigenvalue weighted by Crippen LogP contribution is 2.29. The van der Waals surface area contributed by atoms with Crippen LogP contribution in [-0.2, 0) is 0 Å². The number of fused-ring (bicyclic) bond motifs is 1. The van der Waals surface area contributed by atoms with Gasteiger partial charge >= 0.3 is 0 Å². The maximum absolute atomic E-state index is 5.55. The van der Waals surface area contributed by atoms with E-state index in [1.54, 1.807) is 12.4 Å². The zero-order chi connectivity index (χ0) is 21.8. The predicted octanol–water partition coefficient (Wildman–Crippen LogP) is 5.37. The van der Waals surface area contributed by atoms with Gasteiger partial charge in [0.05, 0.1) is 22.4 Å². The van der Waals surface area contributed by atoms with Gasteiger partial charge in [-0.05, 0) is 67.5 Å². The maximum Gasteiger partial charge on any atom is 0.170 e. The molecule has 0 spiro atoms. The fourth-order valence-corrected chi connectivity index (χ4v) is 4.38. The summed E-state index contributed by atoms with van der Waals surface area (Å²) in [7, 11) is 0. The minimum atomic E-state index is 0.459. The van der Waals surface area contributed by atoms with Gasteiger partial charge in [-0.2, -0.15) is 0 Å². The third-order valence-corrected chi connectivity index (χ3v) is 5.90. The average Bonchev–Trinajstić information content (AvgIpc) is 2.85. The summed E-state index contributed by atoms with van der Waals surface area (Å²) >= 11 is 5.55. The first-order chi connectivity index (χ1) is 15.8. The van der Waals surface area contributed by atoms with Crippen LogP contribution >= 0.6 is 12.2 Å². The molecule has 0 amide bonds. The summed E-state index contributed by atoms with van der Waals surface area (Å²) in [6.45, 7) is 0. The largest absolute Gasteiger partial charge is 0.360 e. The van der Waals surface area contributed by atoms with Crippen molar-refractivity contribution in [3.05, 3.63) is 67.0 Å². The second-order valence-electron chi connectivity index (χ2n) is 7.99. The Morgan fingerprint density at radius 2 is 1.44 bits per heavy atom. The van der Waals surface area contributed by atoms with Crippen LogP contribution < -0.4 is 10.6 Å². The quantitative estimate of drug-likeness (QED) is 0.413. The first-order valence-electron chi connectivity index (χ1n) is 11.0. The van der Waals surface area contributed by atoms with Crippen LogP contribution in [0.4, 0.5) is 5.69 Å². The molecule has 0 atom stereocenters. The first-order valence-corrected chi connectivity index (χ1v) is 11.4. The minimum absolute atomic E-state index is 0.459. The lowest BCUT2D eigenvalue weighted by molar-refractivity contribution is 0.415. The molecule has 3 aromatic heterocycles. The molecule has 1 aliphatic rings. The van der Waals surface area contributed by atoms with Gasteiger partial charge in [0, 0.05) is 24.1 Å². The second kappa shape index (κ2) is 9.36. The highest BCUT2D eigenvalue weighted by atomic mass is 32.1. The zero-order valence-corrected chi connectivity index (χ0v) is 18.5. The van der Waals surface area contributed by atoms with Gasteiger partial charge in [0.25, 0.3) is 0 Å². The summed E-state index contributed by atoms with van der Waals surface area (Å²) < 4.78 is 0. The number of hydrogen-bond donors (Lipinski definition) is 2. The highest BCUT2D eigenvalue weighted by molar-refractivity contribution is 7.80. The Kier molecular flexibility index (Phi) is 5.98. The number of rotatable bonds is 4. The lowest BCUT2D eigenvalue weighted by Crippen LogP contribution is -2.38. The van der Waals surface area contributed by atoms with Crippen LogP contribution in [0.1, 0.15) is 32.1 Å². The lowest BCUT2D eigenvalue weighted by Gasteiger charge is -2.24. The van der Waals surface area contributed by atoms with Gasteiger partial charge in [0.1, 0.15) is 11.4 Å². The Bertz CT molecular complexity index is 1220. The van der Waals surface area contributed by atoms with Crippen LogP contribution in [0.3, 0.4) is 0 Å². The highest BCUT2D eigenvalue weighted by Gasteiger charge is 2.16. The van der Waals surface area contributed by atoms with E-state index in [-0.39, 0.29) is 0 Å². The molecule has 5 rings (SSSR count). The molecule has 0 unspecified atom stereocenters. The smallest absolute Gasteiger partial charge is 0.170 e. The van der Waals surface area contributed by atoms with Gasteiger partial charge in [-0.25, -0.2) is 9.97 Å². The Morgan fingerprint density at radius 3 is 2.06 bits per heavy atom. The van der Waals surface area contributed by atoms with Crippen LogP contribution in [0.2, 0.25) is 0 Å². The number of hydrogen-bond acceptors (Lipinski definition) is 5. The number of benzene rings is 1. The van der Waals surface area contributed by atoms with Crippen LogP contribution in [0.5, 0.6) is 0 Å². The molecule has 7 heteroatoms. The topological polar surface area (TPSA) is 75.6 Å². The summed E-state index contributed by atoms with van der Waals surface area (Å²) in [5.74, 6) is 0. The molecule has 160 valence electrons. The SMILES string of the molecule is S=C(Nc1ccc2nc(-c3ccccn3)c(-c3ccccn3)nc2c1)NC1CCCCC1. The number of thiocarbonyl (C=S) groups is 1. The molecule has 0 radical (unpaired) electrons. The van der Waals surface area contributed by atoms with E-state index in [4.69, 9.17) is 22.2 Å². The summed E-state index contributed by atoms with van der Waals surface area (Å²) in [5, 5.41) is 7.41. The number of nitrogens with one attached hydrogen (secondary N) is 2. The molecular weight excluding hydrogens is 416 g/mol. The van der Waals surface area contributed by atoms with Crippen molar-refractivity contribution in [3.63, 3.8) is 0 Å². The monoisotopic (exact) mass is 440 g/mol. The maximum atomic E-state index is 5.55. The second-order valence-corrected chi connectivity index (χ2v) is 8.40. The predicted molar refractivity (Wildman–Crippen MR) is 132 cm³/mol. The van der Waals surface area contributed by atoms with E-state index in [2.05, 4.69) is 20.6 Å². The van der Waals surface area contributed by atoms with E-state index in [1.807, 2.05) is 54.6 Å². The van der Waals surface area contributed by atoms with E-state index < -0.39 is 0 Å². The van der Waals surface area contributed by atoms with Crippen molar-refractivity contribution in [1.29, 1.82) is 0 Å². The molecule has 2 N–H and O–H groups in total. The Balaban J connectivity index is 1.48. The molecule has 4 aromatic rings. The van der Waals surface area contributed by atoms with Crippen molar-refractivity contribution in [3.8, 4) is 22.8 Å². The molecule has 0 bridgehead atoms. The molecule has 1 aromatic carbocycles. The van der Waals surface area contributed by atoms with Gasteiger partial charge in [0.2, 0.25) is 0 Å². The van der Waals surface area contributed by atoms with Gasteiger partial charge in [-0.15, -0.1) is 0 Å². The third kappa shape index (κ3) is 4.57. The molecule has 0 saturated heterocycles. The van der Waals surface area contributed by atoms with Crippen molar-refractivity contribution >= 4 is 34.1 Å². The van der Waals surface area contributed by atoms with Crippen molar-refractivity contribution in [2.45, 2.75) is 38.1 Å². The third-order valence-electron chi connectivity index (χ3n) is 5.68. The molecule has 1 saturated carbocycles. The zero-order valence-electron chi connectivity index (χ0n) is 17.7. The van der Waals surface area contributed by atoms with Gasteiger partial charge in [-0.3, -0.25) is 9.97 Å². The Hall–Kier alpha value is -3.45. The van der Waals surface area contributed by atoms with E-state index >= 15 is 0 Å². The fraction of sp³-hybridized carbons (Fsp3) is 0.240. The van der Waals surface area contributed by atoms with E-state index in [1.165, 1.54) is 32.1 Å². The number of pyridine rings is 2. The number of aromatic nitrogens is 4. The molecule has 32 heavy (non-hydrogen) atoms. The minimum Gasteiger partial charge on any atom is -0.360 e. The molecule has 1 aliphatic carbocycles. The van der Waals surface area contributed by atoms with Gasteiger partial charge in [0.15, 0.2) is 5.11 Å². The Morgan fingerprint density at radius 1 is 0.781 bits per heavy atom. The van der Waals surface area contributed by atoms with E-state index in [0.29, 0.717) is 22.5 Å². The normalized spacial score (nSPS) is 14.2. The molecule has 6 nitrogen and oxygen atoms in total. The van der Waals surface area contributed by atoms with Gasteiger partial charge in [-0.1, -0.05) is 31.4 Å². The first kappa shape index (κ1) is 20.5. The van der Waals surface area contributed by atoms with E-state index in [0.717, 1.165) is 28.1 Å². The standard InChI is InChI=1S/C25H24N6S/c32-25(28-17-8-2-1-3-9-17)29-18-12-13-19-22(16-18)31-24(21-11-5-7-15-27-21)23(30-19)20-10-4-6-14-26-20/h4-7,10-17H,1-3,8-9H2,(H2,28,29,32). The van der Waals surface area contributed by atoms with Gasteiger partial charge < -0.3 is 10.6 Å². The Labute approximate surface area is 192 Å². The van der Waals surface area contributed by atoms with Crippen molar-refractivity contribution in [1.82, 2.24) is 25.3 Å². The summed E-state index contributed by atoms with van der Waals surface area (Å²) in [4.78, 5) is 18.8. The molecule has 0 aliphatic heterocycles. The van der Waals surface area contributed by atoms with E-state index in [9.17, 15) is 0 Å². The van der Waals surface area contributed by atoms with Crippen molar-refractivity contribution in [2.24, 2.45) is 0 Å². The lowest BCUT2D eigenvalue weighted by atomic mass is 9.96. The molecule has 3 heterocycles. The summed E-state index contributed by atoms with van der Waals surface area (Å²) in [6.07, 6.45) is 9.72. The van der Waals surface area contributed by atoms with Crippen LogP contribution in [0, 0.1) is 0 Å². The number of anilines is 1.